The van der Waals surface area contributed by atoms with Gasteiger partial charge in [-0.05, 0) is 30.7 Å². The standard InChI is InChI=1S/C15H21BrN2O/c1-2-17-7-9-18(10-8-17)15(12-19)11-13-3-5-14(16)6-4-13/h3-6,12,15H,2,7-11H2,1H3. The third-order valence-electron chi connectivity index (χ3n) is 3.84. The highest BCUT2D eigenvalue weighted by Crippen LogP contribution is 2.14. The van der Waals surface area contributed by atoms with Crippen molar-refractivity contribution in [2.75, 3.05) is 32.7 Å². The van der Waals surface area contributed by atoms with Gasteiger partial charge in [0.2, 0.25) is 0 Å². The van der Waals surface area contributed by atoms with E-state index in [1.54, 1.807) is 0 Å². The van der Waals surface area contributed by atoms with Crippen LogP contribution in [0.2, 0.25) is 0 Å². The molecule has 0 bridgehead atoms. The van der Waals surface area contributed by atoms with Crippen LogP contribution in [0.1, 0.15) is 12.5 Å². The molecule has 1 aliphatic rings. The molecule has 3 nitrogen and oxygen atoms in total. The zero-order valence-corrected chi connectivity index (χ0v) is 13.0. The molecule has 0 spiro atoms. The van der Waals surface area contributed by atoms with Gasteiger partial charge in [0.25, 0.3) is 0 Å². The number of aldehydes is 1. The van der Waals surface area contributed by atoms with Crippen molar-refractivity contribution >= 4 is 22.2 Å². The minimum atomic E-state index is 0.0141. The second-order valence-electron chi connectivity index (χ2n) is 5.00. The fraction of sp³-hybridized carbons (Fsp3) is 0.533. The molecule has 0 aromatic heterocycles. The average molecular weight is 325 g/mol. The Morgan fingerprint density at radius 1 is 1.21 bits per heavy atom. The Morgan fingerprint density at radius 3 is 2.37 bits per heavy atom. The second-order valence-corrected chi connectivity index (χ2v) is 5.92. The van der Waals surface area contributed by atoms with Gasteiger partial charge in [0, 0.05) is 30.7 Å². The summed E-state index contributed by atoms with van der Waals surface area (Å²) in [6.45, 7) is 7.42. The van der Waals surface area contributed by atoms with E-state index in [0.717, 1.165) is 49.9 Å². The Morgan fingerprint density at radius 2 is 1.84 bits per heavy atom. The first-order chi connectivity index (χ1) is 9.22. The summed E-state index contributed by atoms with van der Waals surface area (Å²) in [5.74, 6) is 0. The molecule has 0 N–H and O–H groups in total. The van der Waals surface area contributed by atoms with Gasteiger partial charge in [-0.15, -0.1) is 0 Å². The fourth-order valence-electron chi connectivity index (χ4n) is 2.54. The van der Waals surface area contributed by atoms with E-state index in [4.69, 9.17) is 0 Å². The molecular formula is C15H21BrN2O. The highest BCUT2D eigenvalue weighted by atomic mass is 79.9. The van der Waals surface area contributed by atoms with Crippen molar-refractivity contribution in [3.63, 3.8) is 0 Å². The Kier molecular flexibility index (Phi) is 5.55. The van der Waals surface area contributed by atoms with E-state index in [0.29, 0.717) is 0 Å². The van der Waals surface area contributed by atoms with Crippen molar-refractivity contribution in [3.8, 4) is 0 Å². The van der Waals surface area contributed by atoms with Gasteiger partial charge in [0.1, 0.15) is 6.29 Å². The van der Waals surface area contributed by atoms with Gasteiger partial charge in [0.15, 0.2) is 0 Å². The predicted octanol–water partition coefficient (Wildman–Crippen LogP) is 2.20. The lowest BCUT2D eigenvalue weighted by molar-refractivity contribution is -0.113. The monoisotopic (exact) mass is 324 g/mol. The highest BCUT2D eigenvalue weighted by molar-refractivity contribution is 9.10. The molecule has 4 heteroatoms. The molecule has 1 fully saturated rings. The Bertz CT molecular complexity index is 399. The Hall–Kier alpha value is -0.710. The molecule has 1 saturated heterocycles. The maximum absolute atomic E-state index is 11.4. The van der Waals surface area contributed by atoms with Crippen molar-refractivity contribution in [2.24, 2.45) is 0 Å². The summed E-state index contributed by atoms with van der Waals surface area (Å²) in [6, 6.07) is 8.25. The van der Waals surface area contributed by atoms with Gasteiger partial charge >= 0.3 is 0 Å². The third-order valence-corrected chi connectivity index (χ3v) is 4.37. The maximum Gasteiger partial charge on any atom is 0.137 e. The molecule has 1 heterocycles. The third kappa shape index (κ3) is 4.13. The first kappa shape index (κ1) is 14.7. The van der Waals surface area contributed by atoms with Crippen LogP contribution in [0.4, 0.5) is 0 Å². The first-order valence-electron chi connectivity index (χ1n) is 6.89. The summed E-state index contributed by atoms with van der Waals surface area (Å²) in [6.07, 6.45) is 1.91. The van der Waals surface area contributed by atoms with Crippen LogP contribution in [-0.2, 0) is 11.2 Å². The van der Waals surface area contributed by atoms with Crippen LogP contribution in [0.15, 0.2) is 28.7 Å². The van der Waals surface area contributed by atoms with E-state index in [1.165, 1.54) is 5.56 Å². The fourth-order valence-corrected chi connectivity index (χ4v) is 2.80. The van der Waals surface area contributed by atoms with Gasteiger partial charge < -0.3 is 9.69 Å². The van der Waals surface area contributed by atoms with E-state index in [9.17, 15) is 4.79 Å². The smallest absolute Gasteiger partial charge is 0.137 e. The number of likely N-dealkylation sites (N-methyl/N-ethyl adjacent to an activating group) is 1. The van der Waals surface area contributed by atoms with Gasteiger partial charge in [-0.1, -0.05) is 35.0 Å². The second kappa shape index (κ2) is 7.17. The van der Waals surface area contributed by atoms with E-state index < -0.39 is 0 Å². The number of carbonyl (C=O) groups is 1. The van der Waals surface area contributed by atoms with Crippen LogP contribution in [0.25, 0.3) is 0 Å². The van der Waals surface area contributed by atoms with Crippen molar-refractivity contribution in [2.45, 2.75) is 19.4 Å². The summed E-state index contributed by atoms with van der Waals surface area (Å²) in [4.78, 5) is 16.1. The van der Waals surface area contributed by atoms with Gasteiger partial charge in [-0.2, -0.15) is 0 Å². The molecule has 104 valence electrons. The molecule has 1 unspecified atom stereocenters. The van der Waals surface area contributed by atoms with Gasteiger partial charge in [-0.25, -0.2) is 0 Å². The lowest BCUT2D eigenvalue weighted by Crippen LogP contribution is -2.51. The minimum Gasteiger partial charge on any atom is -0.302 e. The quantitative estimate of drug-likeness (QED) is 0.776. The molecule has 0 radical (unpaired) electrons. The normalized spacial score (nSPS) is 19.3. The van der Waals surface area contributed by atoms with Crippen molar-refractivity contribution in [3.05, 3.63) is 34.3 Å². The summed E-state index contributed by atoms with van der Waals surface area (Å²) in [5.41, 5.74) is 1.22. The van der Waals surface area contributed by atoms with Crippen LogP contribution in [0, 0.1) is 0 Å². The lowest BCUT2D eigenvalue weighted by atomic mass is 10.0. The van der Waals surface area contributed by atoms with Crippen LogP contribution in [0.3, 0.4) is 0 Å². The Balaban J connectivity index is 1.93. The molecule has 1 aromatic carbocycles. The van der Waals surface area contributed by atoms with Gasteiger partial charge in [0.05, 0.1) is 6.04 Å². The molecule has 0 aliphatic carbocycles. The predicted molar refractivity (Wildman–Crippen MR) is 81.4 cm³/mol. The van der Waals surface area contributed by atoms with Gasteiger partial charge in [-0.3, -0.25) is 4.90 Å². The van der Waals surface area contributed by atoms with Crippen LogP contribution >= 0.6 is 15.9 Å². The molecule has 1 atom stereocenters. The molecular weight excluding hydrogens is 304 g/mol. The van der Waals surface area contributed by atoms with E-state index in [1.807, 2.05) is 12.1 Å². The number of hydrogen-bond donors (Lipinski definition) is 0. The molecule has 2 rings (SSSR count). The van der Waals surface area contributed by atoms with Crippen LogP contribution in [-0.4, -0.2) is 54.9 Å². The number of benzene rings is 1. The van der Waals surface area contributed by atoms with Crippen molar-refractivity contribution in [1.29, 1.82) is 0 Å². The first-order valence-corrected chi connectivity index (χ1v) is 7.68. The zero-order chi connectivity index (χ0) is 13.7. The molecule has 1 aromatic rings. The van der Waals surface area contributed by atoms with Crippen LogP contribution < -0.4 is 0 Å². The van der Waals surface area contributed by atoms with E-state index in [2.05, 4.69) is 44.8 Å². The lowest BCUT2D eigenvalue weighted by Gasteiger charge is -2.37. The summed E-state index contributed by atoms with van der Waals surface area (Å²) in [5, 5.41) is 0. The van der Waals surface area contributed by atoms with Crippen LogP contribution in [0.5, 0.6) is 0 Å². The molecule has 1 aliphatic heterocycles. The summed E-state index contributed by atoms with van der Waals surface area (Å²) < 4.78 is 1.08. The number of carbonyl (C=O) groups excluding carboxylic acids is 1. The molecule has 19 heavy (non-hydrogen) atoms. The number of halogens is 1. The number of nitrogens with zero attached hydrogens (tertiary/aromatic N) is 2. The maximum atomic E-state index is 11.4. The zero-order valence-electron chi connectivity index (χ0n) is 11.4. The minimum absolute atomic E-state index is 0.0141. The summed E-state index contributed by atoms with van der Waals surface area (Å²) >= 11 is 3.43. The molecule has 0 amide bonds. The Labute approximate surface area is 123 Å². The molecule has 0 saturated carbocycles. The number of hydrogen-bond acceptors (Lipinski definition) is 3. The van der Waals surface area contributed by atoms with Crippen molar-refractivity contribution < 1.29 is 4.79 Å². The largest absolute Gasteiger partial charge is 0.302 e. The topological polar surface area (TPSA) is 23.6 Å². The highest BCUT2D eigenvalue weighted by Gasteiger charge is 2.22. The number of rotatable bonds is 5. The number of piperazine rings is 1. The van der Waals surface area contributed by atoms with Crippen molar-refractivity contribution in [1.82, 2.24) is 9.80 Å². The average Bonchev–Trinajstić information content (AvgIpc) is 2.47. The summed E-state index contributed by atoms with van der Waals surface area (Å²) in [7, 11) is 0. The SMILES string of the molecule is CCN1CCN(C(C=O)Cc2ccc(Br)cc2)CC1. The van der Waals surface area contributed by atoms with E-state index in [-0.39, 0.29) is 6.04 Å². The van der Waals surface area contributed by atoms with E-state index >= 15 is 0 Å².